The van der Waals surface area contributed by atoms with Gasteiger partial charge in [-0.15, -0.1) is 0 Å². The number of rotatable bonds is 0. The molecule has 0 fully saturated rings. The fourth-order valence-electron chi connectivity index (χ4n) is 8.29. The largest absolute Gasteiger partial charge is 0.504 e. The van der Waals surface area contributed by atoms with Crippen molar-refractivity contribution in [2.24, 2.45) is 0 Å². The molecule has 35 heavy (non-hydrogen) atoms. The summed E-state index contributed by atoms with van der Waals surface area (Å²) >= 11 is 0. The van der Waals surface area contributed by atoms with E-state index in [1.54, 1.807) is 0 Å². The van der Waals surface area contributed by atoms with Crippen molar-refractivity contribution < 1.29 is 24.1 Å². The molecule has 5 heteroatoms. The summed E-state index contributed by atoms with van der Waals surface area (Å²) in [5.41, 5.74) is 8.86. The van der Waals surface area contributed by atoms with E-state index in [0.717, 1.165) is 63.8 Å². The Kier molecular flexibility index (Phi) is 4.17. The Morgan fingerprint density at radius 1 is 1.00 bits per heavy atom. The Labute approximate surface area is 206 Å². The SMILES string of the molecule is Cc1c2c(c(O)c3c1C1(C)Oc4c5c(c(C)c6c(C)coc46)C(C)CC(O)C5C1O3)CCCC2C. The van der Waals surface area contributed by atoms with Crippen molar-refractivity contribution >= 4 is 11.0 Å². The highest BCUT2D eigenvalue weighted by Crippen LogP contribution is 2.64. The quantitative estimate of drug-likeness (QED) is 0.388. The summed E-state index contributed by atoms with van der Waals surface area (Å²) in [5, 5.41) is 24.1. The van der Waals surface area contributed by atoms with Crippen LogP contribution in [0.1, 0.15) is 102 Å². The second-order valence-electron chi connectivity index (χ2n) is 11.7. The standard InChI is InChI=1S/C30H34O5/c1-12-8-7-9-17-19(12)16(5)24-28(25(17)32)34-29-22-18(31)10-13(2)20-15(4)21-14(3)11-33-26(21)27(23(20)22)35-30(24,29)6/h11-13,18,22,29,31-32H,7-10H2,1-6H3. The van der Waals surface area contributed by atoms with Gasteiger partial charge in [-0.25, -0.2) is 0 Å². The molecular formula is C30H34O5. The zero-order valence-corrected chi connectivity index (χ0v) is 21.4. The summed E-state index contributed by atoms with van der Waals surface area (Å²) < 4.78 is 19.8. The van der Waals surface area contributed by atoms with Gasteiger partial charge in [0.2, 0.25) is 0 Å². The van der Waals surface area contributed by atoms with E-state index in [1.807, 2.05) is 6.26 Å². The highest BCUT2D eigenvalue weighted by Gasteiger charge is 2.61. The van der Waals surface area contributed by atoms with Gasteiger partial charge < -0.3 is 24.1 Å². The van der Waals surface area contributed by atoms with E-state index < -0.39 is 17.8 Å². The summed E-state index contributed by atoms with van der Waals surface area (Å²) in [6.45, 7) is 12.9. The molecule has 2 aliphatic heterocycles. The lowest BCUT2D eigenvalue weighted by atomic mass is 9.65. The molecule has 184 valence electrons. The molecule has 2 aromatic carbocycles. The number of phenolic OH excluding ortho intramolecular Hbond substituents is 1. The molecule has 3 aromatic rings. The van der Waals surface area contributed by atoms with Crippen LogP contribution in [-0.4, -0.2) is 22.4 Å². The van der Waals surface area contributed by atoms with E-state index in [1.165, 1.54) is 16.7 Å². The molecular weight excluding hydrogens is 440 g/mol. The van der Waals surface area contributed by atoms with Gasteiger partial charge in [0.15, 0.2) is 34.5 Å². The van der Waals surface area contributed by atoms with E-state index in [0.29, 0.717) is 18.1 Å². The summed E-state index contributed by atoms with van der Waals surface area (Å²) in [6, 6.07) is 0. The minimum absolute atomic E-state index is 0.203. The molecule has 0 amide bonds. The van der Waals surface area contributed by atoms with Crippen molar-refractivity contribution in [3.05, 3.63) is 50.8 Å². The van der Waals surface area contributed by atoms with E-state index >= 15 is 0 Å². The van der Waals surface area contributed by atoms with Gasteiger partial charge in [0.1, 0.15) is 0 Å². The van der Waals surface area contributed by atoms with Crippen molar-refractivity contribution in [2.75, 3.05) is 0 Å². The van der Waals surface area contributed by atoms with E-state index in [2.05, 4.69) is 41.5 Å². The number of furan rings is 1. The van der Waals surface area contributed by atoms with Crippen LogP contribution in [0.15, 0.2) is 10.7 Å². The molecule has 6 unspecified atom stereocenters. The maximum Gasteiger partial charge on any atom is 0.176 e. The predicted molar refractivity (Wildman–Crippen MR) is 134 cm³/mol. The van der Waals surface area contributed by atoms with Crippen LogP contribution in [0, 0.1) is 20.8 Å². The van der Waals surface area contributed by atoms with Crippen LogP contribution in [0.2, 0.25) is 0 Å². The normalized spacial score (nSPS) is 32.4. The van der Waals surface area contributed by atoms with Crippen LogP contribution >= 0.6 is 0 Å². The van der Waals surface area contributed by atoms with Crippen molar-refractivity contribution in [2.45, 2.75) is 103 Å². The van der Waals surface area contributed by atoms with Crippen molar-refractivity contribution in [3.63, 3.8) is 0 Å². The topological polar surface area (TPSA) is 72.1 Å². The molecule has 2 aliphatic carbocycles. The smallest absolute Gasteiger partial charge is 0.176 e. The lowest BCUT2D eigenvalue weighted by Crippen LogP contribution is -2.53. The van der Waals surface area contributed by atoms with Crippen LogP contribution in [0.3, 0.4) is 0 Å². The van der Waals surface area contributed by atoms with Gasteiger partial charge in [0.25, 0.3) is 0 Å². The number of fused-ring (bicyclic) bond motifs is 7. The molecule has 0 bridgehead atoms. The number of aliphatic hydroxyl groups excluding tert-OH is 1. The Morgan fingerprint density at radius 2 is 1.77 bits per heavy atom. The average Bonchev–Trinajstić information content (AvgIpc) is 3.34. The highest BCUT2D eigenvalue weighted by molar-refractivity contribution is 5.93. The molecule has 0 saturated heterocycles. The summed E-state index contributed by atoms with van der Waals surface area (Å²) in [4.78, 5) is 0. The fraction of sp³-hybridized carbons (Fsp3) is 0.533. The molecule has 2 N–H and O–H groups in total. The van der Waals surface area contributed by atoms with Crippen LogP contribution in [-0.2, 0) is 12.0 Å². The molecule has 0 saturated carbocycles. The molecule has 0 radical (unpaired) electrons. The first-order chi connectivity index (χ1) is 16.6. The van der Waals surface area contributed by atoms with Crippen LogP contribution < -0.4 is 9.47 Å². The molecule has 1 aromatic heterocycles. The number of hydrogen-bond acceptors (Lipinski definition) is 5. The average molecular weight is 475 g/mol. The van der Waals surface area contributed by atoms with Crippen molar-refractivity contribution in [3.8, 4) is 17.2 Å². The minimum Gasteiger partial charge on any atom is -0.504 e. The number of benzene rings is 2. The first-order valence-electron chi connectivity index (χ1n) is 13.1. The lowest BCUT2D eigenvalue weighted by molar-refractivity contribution is -0.0663. The second kappa shape index (κ2) is 6.76. The number of phenols is 1. The third kappa shape index (κ3) is 2.43. The zero-order chi connectivity index (χ0) is 24.5. The van der Waals surface area contributed by atoms with Crippen LogP contribution in [0.4, 0.5) is 0 Å². The third-order valence-corrected chi connectivity index (χ3v) is 9.64. The van der Waals surface area contributed by atoms with Gasteiger partial charge >= 0.3 is 0 Å². The Bertz CT molecular complexity index is 1430. The van der Waals surface area contributed by atoms with Gasteiger partial charge in [-0.1, -0.05) is 13.8 Å². The molecule has 7 rings (SSSR count). The number of aromatic hydroxyl groups is 1. The van der Waals surface area contributed by atoms with Gasteiger partial charge in [0.05, 0.1) is 18.3 Å². The van der Waals surface area contributed by atoms with Gasteiger partial charge in [-0.2, -0.15) is 0 Å². The molecule has 0 spiro atoms. The summed E-state index contributed by atoms with van der Waals surface area (Å²) in [6.07, 6.45) is 4.54. The molecule has 6 atom stereocenters. The van der Waals surface area contributed by atoms with Crippen molar-refractivity contribution in [1.82, 2.24) is 0 Å². The summed E-state index contributed by atoms with van der Waals surface area (Å²) in [7, 11) is 0. The Balaban J connectivity index is 1.55. The van der Waals surface area contributed by atoms with Crippen LogP contribution in [0.25, 0.3) is 11.0 Å². The number of aryl methyl sites for hydroxylation is 2. The maximum atomic E-state index is 11.5. The number of hydrogen-bond donors (Lipinski definition) is 2. The van der Waals surface area contributed by atoms with E-state index in [4.69, 9.17) is 13.9 Å². The number of ether oxygens (including phenoxy) is 2. The van der Waals surface area contributed by atoms with Gasteiger partial charge in [-0.05, 0) is 93.0 Å². The van der Waals surface area contributed by atoms with E-state index in [9.17, 15) is 10.2 Å². The maximum absolute atomic E-state index is 11.5. The van der Waals surface area contributed by atoms with Crippen molar-refractivity contribution in [1.29, 1.82) is 0 Å². The monoisotopic (exact) mass is 474 g/mol. The van der Waals surface area contributed by atoms with Crippen LogP contribution in [0.5, 0.6) is 17.2 Å². The molecule has 3 heterocycles. The zero-order valence-electron chi connectivity index (χ0n) is 21.4. The first-order valence-corrected chi connectivity index (χ1v) is 13.1. The summed E-state index contributed by atoms with van der Waals surface area (Å²) in [5.74, 6) is 1.88. The first kappa shape index (κ1) is 21.6. The Morgan fingerprint density at radius 3 is 2.54 bits per heavy atom. The highest BCUT2D eigenvalue weighted by atomic mass is 16.6. The second-order valence-corrected chi connectivity index (χ2v) is 11.7. The molecule has 5 nitrogen and oxygen atoms in total. The van der Waals surface area contributed by atoms with E-state index in [-0.39, 0.29) is 17.6 Å². The van der Waals surface area contributed by atoms with Gasteiger partial charge in [0, 0.05) is 22.1 Å². The molecule has 4 aliphatic rings. The van der Waals surface area contributed by atoms with Gasteiger partial charge in [-0.3, -0.25) is 0 Å². The Hall–Kier alpha value is -2.66. The predicted octanol–water partition coefficient (Wildman–Crippen LogP) is 6.52. The number of aliphatic hydroxyl groups is 1. The lowest BCUT2D eigenvalue weighted by Gasteiger charge is -2.47. The third-order valence-electron chi connectivity index (χ3n) is 9.64. The fourth-order valence-corrected chi connectivity index (χ4v) is 8.29. The minimum atomic E-state index is -0.845.